The molecule has 0 spiro atoms. The van der Waals surface area contributed by atoms with Crippen LogP contribution in [0.3, 0.4) is 0 Å². The van der Waals surface area contributed by atoms with Crippen LogP contribution in [0.2, 0.25) is 0 Å². The van der Waals surface area contributed by atoms with Crippen molar-refractivity contribution in [2.45, 2.75) is 58.0 Å². The lowest BCUT2D eigenvalue weighted by atomic mass is 9.93. The SMILES string of the molecule is CCOc1cccc(C(=O)N2CCc3c(c[nH]c(=O)c3C(=O)NC3CCCCC3)C2)c1. The first-order chi connectivity index (χ1) is 15.1. The molecule has 1 aromatic heterocycles. The summed E-state index contributed by atoms with van der Waals surface area (Å²) < 4.78 is 5.50. The summed E-state index contributed by atoms with van der Waals surface area (Å²) in [5.74, 6) is 0.276. The summed E-state index contributed by atoms with van der Waals surface area (Å²) in [5, 5.41) is 3.05. The van der Waals surface area contributed by atoms with Crippen molar-refractivity contribution in [2.24, 2.45) is 0 Å². The maximum absolute atomic E-state index is 13.0. The van der Waals surface area contributed by atoms with Crippen LogP contribution >= 0.6 is 0 Å². The Bertz CT molecular complexity index is 1020. The summed E-state index contributed by atoms with van der Waals surface area (Å²) in [5.41, 5.74) is 1.97. The molecule has 0 radical (unpaired) electrons. The Labute approximate surface area is 181 Å². The molecule has 4 rings (SSSR count). The van der Waals surface area contributed by atoms with E-state index in [1.54, 1.807) is 29.3 Å². The van der Waals surface area contributed by atoms with E-state index in [1.165, 1.54) is 6.42 Å². The van der Waals surface area contributed by atoms with Crippen molar-refractivity contribution in [3.8, 4) is 5.75 Å². The predicted octanol–water partition coefficient (Wildman–Crippen LogP) is 3.03. The number of hydrogen-bond acceptors (Lipinski definition) is 4. The quantitative estimate of drug-likeness (QED) is 0.773. The van der Waals surface area contributed by atoms with E-state index in [-0.39, 0.29) is 29.0 Å². The fourth-order valence-electron chi connectivity index (χ4n) is 4.55. The number of hydrogen-bond donors (Lipinski definition) is 2. The van der Waals surface area contributed by atoms with Crippen molar-refractivity contribution in [3.63, 3.8) is 0 Å². The van der Waals surface area contributed by atoms with Crippen LogP contribution in [0.1, 0.15) is 70.9 Å². The maximum atomic E-state index is 13.0. The van der Waals surface area contributed by atoms with Crippen LogP contribution in [0.4, 0.5) is 0 Å². The van der Waals surface area contributed by atoms with Crippen LogP contribution in [-0.2, 0) is 13.0 Å². The molecular formula is C24H29N3O4. The second kappa shape index (κ2) is 9.37. The molecule has 2 amide bonds. The first-order valence-corrected chi connectivity index (χ1v) is 11.1. The number of fused-ring (bicyclic) bond motifs is 1. The summed E-state index contributed by atoms with van der Waals surface area (Å²) in [7, 11) is 0. The average molecular weight is 424 g/mol. The average Bonchev–Trinajstić information content (AvgIpc) is 2.79. The van der Waals surface area contributed by atoms with Crippen LogP contribution in [0.15, 0.2) is 35.3 Å². The van der Waals surface area contributed by atoms with Crippen molar-refractivity contribution in [3.05, 3.63) is 63.1 Å². The molecule has 2 N–H and O–H groups in total. The second-order valence-corrected chi connectivity index (χ2v) is 8.24. The Morgan fingerprint density at radius 2 is 2.03 bits per heavy atom. The van der Waals surface area contributed by atoms with Crippen molar-refractivity contribution >= 4 is 11.8 Å². The number of aromatic nitrogens is 1. The topological polar surface area (TPSA) is 91.5 Å². The third-order valence-electron chi connectivity index (χ3n) is 6.13. The molecule has 2 aliphatic rings. The van der Waals surface area contributed by atoms with Gasteiger partial charge in [-0.05, 0) is 55.5 Å². The summed E-state index contributed by atoms with van der Waals surface area (Å²) in [6.45, 7) is 3.25. The minimum atomic E-state index is -0.365. The highest BCUT2D eigenvalue weighted by Crippen LogP contribution is 2.24. The fraction of sp³-hybridized carbons (Fsp3) is 0.458. The molecule has 1 fully saturated rings. The van der Waals surface area contributed by atoms with Gasteiger partial charge in [-0.3, -0.25) is 14.4 Å². The van der Waals surface area contributed by atoms with E-state index >= 15 is 0 Å². The van der Waals surface area contributed by atoms with E-state index < -0.39 is 0 Å². The summed E-state index contributed by atoms with van der Waals surface area (Å²) in [6, 6.07) is 7.29. The zero-order valence-electron chi connectivity index (χ0n) is 17.9. The van der Waals surface area contributed by atoms with Gasteiger partial charge in [0.05, 0.1) is 6.61 Å². The normalized spacial score (nSPS) is 16.5. The number of amides is 2. The van der Waals surface area contributed by atoms with E-state index in [0.29, 0.717) is 37.4 Å². The van der Waals surface area contributed by atoms with Crippen LogP contribution in [-0.4, -0.2) is 40.9 Å². The van der Waals surface area contributed by atoms with Gasteiger partial charge in [-0.1, -0.05) is 25.3 Å². The lowest BCUT2D eigenvalue weighted by Gasteiger charge is -2.30. The molecule has 0 unspecified atom stereocenters. The Hall–Kier alpha value is -3.09. The smallest absolute Gasteiger partial charge is 0.261 e. The van der Waals surface area contributed by atoms with Gasteiger partial charge >= 0.3 is 0 Å². The van der Waals surface area contributed by atoms with Crippen LogP contribution in [0.25, 0.3) is 0 Å². The number of carbonyl (C=O) groups is 2. The maximum Gasteiger partial charge on any atom is 0.261 e. The van der Waals surface area contributed by atoms with Gasteiger partial charge in [0.25, 0.3) is 17.4 Å². The number of pyridine rings is 1. The standard InChI is InChI=1S/C24H29N3O4/c1-2-31-19-10-6-7-16(13-19)24(30)27-12-11-20-17(15-27)14-25-22(28)21(20)23(29)26-18-8-4-3-5-9-18/h6-7,10,13-14,18H,2-5,8-9,11-12,15H2,1H3,(H,25,28)(H,26,29). The highest BCUT2D eigenvalue weighted by molar-refractivity contribution is 5.97. The third-order valence-corrected chi connectivity index (χ3v) is 6.13. The molecule has 164 valence electrons. The number of H-pyrrole nitrogens is 1. The van der Waals surface area contributed by atoms with Gasteiger partial charge < -0.3 is 19.9 Å². The molecule has 0 saturated heterocycles. The fourth-order valence-corrected chi connectivity index (χ4v) is 4.55. The number of ether oxygens (including phenoxy) is 1. The van der Waals surface area contributed by atoms with E-state index in [4.69, 9.17) is 4.74 Å². The Kier molecular flexibility index (Phi) is 6.39. The number of carbonyl (C=O) groups excluding carboxylic acids is 2. The first kappa shape index (κ1) is 21.2. The van der Waals surface area contributed by atoms with Crippen LogP contribution < -0.4 is 15.6 Å². The third kappa shape index (κ3) is 4.65. The van der Waals surface area contributed by atoms with Crippen LogP contribution in [0, 0.1) is 0 Å². The van der Waals surface area contributed by atoms with Crippen molar-refractivity contribution < 1.29 is 14.3 Å². The zero-order valence-corrected chi connectivity index (χ0v) is 17.9. The highest BCUT2D eigenvalue weighted by atomic mass is 16.5. The molecule has 1 aromatic carbocycles. The molecule has 0 bridgehead atoms. The lowest BCUT2D eigenvalue weighted by molar-refractivity contribution is 0.0733. The number of benzene rings is 1. The van der Waals surface area contributed by atoms with Gasteiger partial charge in [-0.2, -0.15) is 0 Å². The Morgan fingerprint density at radius 3 is 2.81 bits per heavy atom. The molecule has 0 atom stereocenters. The zero-order chi connectivity index (χ0) is 21.8. The monoisotopic (exact) mass is 423 g/mol. The van der Waals surface area contributed by atoms with E-state index in [0.717, 1.165) is 36.8 Å². The number of nitrogens with one attached hydrogen (secondary N) is 2. The van der Waals surface area contributed by atoms with Gasteiger partial charge in [-0.25, -0.2) is 0 Å². The second-order valence-electron chi connectivity index (χ2n) is 8.24. The van der Waals surface area contributed by atoms with Crippen molar-refractivity contribution in [2.75, 3.05) is 13.2 Å². The first-order valence-electron chi connectivity index (χ1n) is 11.1. The minimum absolute atomic E-state index is 0.0911. The highest BCUT2D eigenvalue weighted by Gasteiger charge is 2.28. The predicted molar refractivity (Wildman–Crippen MR) is 117 cm³/mol. The lowest BCUT2D eigenvalue weighted by Crippen LogP contribution is -2.42. The molecule has 1 aliphatic carbocycles. The van der Waals surface area contributed by atoms with E-state index in [1.807, 2.05) is 13.0 Å². The minimum Gasteiger partial charge on any atom is -0.494 e. The molecular weight excluding hydrogens is 394 g/mol. The molecule has 31 heavy (non-hydrogen) atoms. The van der Waals surface area contributed by atoms with Gasteiger partial charge in [0, 0.05) is 30.9 Å². The van der Waals surface area contributed by atoms with Gasteiger partial charge in [-0.15, -0.1) is 0 Å². The molecule has 2 heterocycles. The van der Waals surface area contributed by atoms with Crippen molar-refractivity contribution in [1.29, 1.82) is 0 Å². The van der Waals surface area contributed by atoms with Crippen molar-refractivity contribution in [1.82, 2.24) is 15.2 Å². The summed E-state index contributed by atoms with van der Waals surface area (Å²) in [6.07, 6.45) is 7.44. The summed E-state index contributed by atoms with van der Waals surface area (Å²) >= 11 is 0. The number of rotatable bonds is 5. The van der Waals surface area contributed by atoms with E-state index in [2.05, 4.69) is 10.3 Å². The Morgan fingerprint density at radius 1 is 1.23 bits per heavy atom. The molecule has 1 saturated carbocycles. The van der Waals surface area contributed by atoms with Gasteiger partial charge in [0.15, 0.2) is 0 Å². The van der Waals surface area contributed by atoms with Gasteiger partial charge in [0.1, 0.15) is 11.3 Å². The molecule has 7 heteroatoms. The number of aromatic amines is 1. The van der Waals surface area contributed by atoms with E-state index in [9.17, 15) is 14.4 Å². The largest absolute Gasteiger partial charge is 0.494 e. The number of nitrogens with zero attached hydrogens (tertiary/aromatic N) is 1. The molecule has 7 nitrogen and oxygen atoms in total. The Balaban J connectivity index is 1.52. The van der Waals surface area contributed by atoms with Crippen LogP contribution in [0.5, 0.6) is 5.75 Å². The summed E-state index contributed by atoms with van der Waals surface area (Å²) in [4.78, 5) is 42.9. The molecule has 2 aromatic rings. The molecule has 1 aliphatic heterocycles. The van der Waals surface area contributed by atoms with Gasteiger partial charge in [0.2, 0.25) is 0 Å².